The summed E-state index contributed by atoms with van der Waals surface area (Å²) >= 11 is 1.67. The number of carbonyl (C=O) groups excluding carboxylic acids is 1. The van der Waals surface area contributed by atoms with Crippen molar-refractivity contribution in [2.45, 2.75) is 32.4 Å². The van der Waals surface area contributed by atoms with E-state index in [9.17, 15) is 4.79 Å². The molecule has 0 aromatic heterocycles. The molecule has 4 nitrogen and oxygen atoms in total. The molecule has 1 rings (SSSR count). The van der Waals surface area contributed by atoms with Crippen molar-refractivity contribution in [3.8, 4) is 0 Å². The molecule has 1 fully saturated rings. The highest BCUT2D eigenvalue weighted by atomic mass is 32.2. The maximum Gasteiger partial charge on any atom is 0.230 e. The highest BCUT2D eigenvalue weighted by Crippen LogP contribution is 2.10. The number of rotatable bonds is 7. The van der Waals surface area contributed by atoms with Crippen molar-refractivity contribution in [2.24, 2.45) is 0 Å². The number of amides is 1. The van der Waals surface area contributed by atoms with E-state index in [4.69, 9.17) is 9.47 Å². The third-order valence-electron chi connectivity index (χ3n) is 2.34. The van der Waals surface area contributed by atoms with Crippen LogP contribution in [0, 0.1) is 0 Å². The Morgan fingerprint density at radius 1 is 1.50 bits per heavy atom. The predicted molar refractivity (Wildman–Crippen MR) is 65.8 cm³/mol. The lowest BCUT2D eigenvalue weighted by Crippen LogP contribution is -2.44. The topological polar surface area (TPSA) is 47.6 Å². The molecule has 1 N–H and O–H groups in total. The van der Waals surface area contributed by atoms with Gasteiger partial charge in [-0.15, -0.1) is 0 Å². The number of nitrogens with one attached hydrogen (secondary N) is 1. The fourth-order valence-electron chi connectivity index (χ4n) is 1.61. The van der Waals surface area contributed by atoms with Crippen molar-refractivity contribution in [3.05, 3.63) is 0 Å². The minimum absolute atomic E-state index is 0.0186. The number of hydrogen-bond acceptors (Lipinski definition) is 4. The molecule has 1 aliphatic rings. The summed E-state index contributed by atoms with van der Waals surface area (Å²) in [7, 11) is 0. The third kappa shape index (κ3) is 4.72. The molecule has 0 bridgehead atoms. The van der Waals surface area contributed by atoms with E-state index in [0.717, 1.165) is 12.2 Å². The van der Waals surface area contributed by atoms with Crippen LogP contribution in [0.2, 0.25) is 0 Å². The molecule has 1 heterocycles. The van der Waals surface area contributed by atoms with Gasteiger partial charge in [-0.25, -0.2) is 0 Å². The van der Waals surface area contributed by atoms with Crippen LogP contribution in [0.3, 0.4) is 0 Å². The lowest BCUT2D eigenvalue weighted by Gasteiger charge is -2.18. The quantitative estimate of drug-likeness (QED) is 0.683. The van der Waals surface area contributed by atoms with Crippen molar-refractivity contribution in [1.29, 1.82) is 0 Å². The lowest BCUT2D eigenvalue weighted by atomic mass is 10.2. The number of thioether (sulfide) groups is 1. The Morgan fingerprint density at radius 3 is 3.00 bits per heavy atom. The zero-order chi connectivity index (χ0) is 11.8. The van der Waals surface area contributed by atoms with Gasteiger partial charge in [-0.1, -0.05) is 6.92 Å². The lowest BCUT2D eigenvalue weighted by molar-refractivity contribution is -0.120. The summed E-state index contributed by atoms with van der Waals surface area (Å²) in [5.41, 5.74) is 0. The minimum Gasteiger partial charge on any atom is -0.376 e. The molecule has 94 valence electrons. The maximum atomic E-state index is 11.6. The fraction of sp³-hybridized carbons (Fsp3) is 0.909. The van der Waals surface area contributed by atoms with Crippen LogP contribution >= 0.6 is 11.8 Å². The van der Waals surface area contributed by atoms with Crippen LogP contribution in [-0.2, 0) is 14.3 Å². The molecule has 0 saturated carbocycles. The summed E-state index contributed by atoms with van der Waals surface area (Å²) in [6.45, 7) is 5.87. The molecular formula is C11H21NO3S. The van der Waals surface area contributed by atoms with Crippen LogP contribution in [-0.4, -0.2) is 49.4 Å². The number of carbonyl (C=O) groups is 1. The standard InChI is InChI=1S/C11H21NO3S/c1-3-5-16-8-11(13)12-9-6-14-7-10(9)15-4-2/h9-10H,3-8H2,1-2H3,(H,12,13)/t9-,10-/m0/s1. The second kappa shape index (κ2) is 7.92. The fourth-order valence-corrected chi connectivity index (χ4v) is 2.31. The van der Waals surface area contributed by atoms with Crippen molar-refractivity contribution in [3.63, 3.8) is 0 Å². The summed E-state index contributed by atoms with van der Waals surface area (Å²) in [6, 6.07) is 0.0228. The van der Waals surface area contributed by atoms with Gasteiger partial charge in [-0.3, -0.25) is 4.79 Å². The first-order chi connectivity index (χ1) is 7.77. The summed E-state index contributed by atoms with van der Waals surface area (Å²) in [4.78, 5) is 11.6. The Kier molecular flexibility index (Phi) is 6.84. The van der Waals surface area contributed by atoms with Crippen LogP contribution < -0.4 is 5.32 Å². The highest BCUT2D eigenvalue weighted by Gasteiger charge is 2.29. The van der Waals surface area contributed by atoms with E-state index < -0.39 is 0 Å². The second-order valence-electron chi connectivity index (χ2n) is 3.76. The van der Waals surface area contributed by atoms with Crippen molar-refractivity contribution >= 4 is 17.7 Å². The Balaban J connectivity index is 2.21. The van der Waals surface area contributed by atoms with Gasteiger partial charge in [0.1, 0.15) is 6.10 Å². The first kappa shape index (κ1) is 13.8. The largest absolute Gasteiger partial charge is 0.376 e. The minimum atomic E-state index is 0.0186. The second-order valence-corrected chi connectivity index (χ2v) is 4.86. The van der Waals surface area contributed by atoms with Crippen LogP contribution in [0.15, 0.2) is 0 Å². The Morgan fingerprint density at radius 2 is 2.31 bits per heavy atom. The van der Waals surface area contributed by atoms with Gasteiger partial charge in [0.2, 0.25) is 5.91 Å². The summed E-state index contributed by atoms with van der Waals surface area (Å²) in [5.74, 6) is 1.64. The average Bonchev–Trinajstić information content (AvgIpc) is 2.67. The SMILES string of the molecule is CCCSCC(=O)N[C@H]1COC[C@@H]1OCC. The molecule has 1 aliphatic heterocycles. The molecule has 0 aliphatic carbocycles. The number of hydrogen-bond donors (Lipinski definition) is 1. The molecule has 0 spiro atoms. The first-order valence-electron chi connectivity index (χ1n) is 5.84. The Bertz CT molecular complexity index is 213. The van der Waals surface area contributed by atoms with Gasteiger partial charge in [0.15, 0.2) is 0 Å². The van der Waals surface area contributed by atoms with Gasteiger partial charge >= 0.3 is 0 Å². The Hall–Kier alpha value is -0.260. The van der Waals surface area contributed by atoms with Crippen molar-refractivity contribution < 1.29 is 14.3 Å². The molecule has 1 amide bonds. The van der Waals surface area contributed by atoms with Gasteiger partial charge in [0.25, 0.3) is 0 Å². The molecule has 1 saturated heterocycles. The van der Waals surface area contributed by atoms with E-state index in [1.807, 2.05) is 6.92 Å². The van der Waals surface area contributed by atoms with Crippen LogP contribution in [0.5, 0.6) is 0 Å². The molecule has 2 atom stereocenters. The molecule has 0 aromatic rings. The van der Waals surface area contributed by atoms with Crippen molar-refractivity contribution in [1.82, 2.24) is 5.32 Å². The molecule has 5 heteroatoms. The van der Waals surface area contributed by atoms with Crippen LogP contribution in [0.4, 0.5) is 0 Å². The molecular weight excluding hydrogens is 226 g/mol. The van der Waals surface area contributed by atoms with Gasteiger partial charge in [0, 0.05) is 6.61 Å². The third-order valence-corrected chi connectivity index (χ3v) is 3.50. The average molecular weight is 247 g/mol. The molecule has 0 aromatic carbocycles. The van der Waals surface area contributed by atoms with E-state index in [0.29, 0.717) is 25.6 Å². The highest BCUT2D eigenvalue weighted by molar-refractivity contribution is 7.99. The van der Waals surface area contributed by atoms with E-state index in [1.165, 1.54) is 0 Å². The zero-order valence-corrected chi connectivity index (χ0v) is 10.8. The maximum absolute atomic E-state index is 11.6. The Labute approximate surface area is 101 Å². The van der Waals surface area contributed by atoms with E-state index in [2.05, 4.69) is 12.2 Å². The van der Waals surface area contributed by atoms with Gasteiger partial charge in [-0.2, -0.15) is 11.8 Å². The first-order valence-corrected chi connectivity index (χ1v) is 6.99. The normalized spacial score (nSPS) is 24.6. The smallest absolute Gasteiger partial charge is 0.230 e. The zero-order valence-electron chi connectivity index (χ0n) is 10.0. The predicted octanol–water partition coefficient (Wildman–Crippen LogP) is 1.05. The van der Waals surface area contributed by atoms with E-state index >= 15 is 0 Å². The van der Waals surface area contributed by atoms with Gasteiger partial charge < -0.3 is 14.8 Å². The molecule has 0 radical (unpaired) electrons. The van der Waals surface area contributed by atoms with Gasteiger partial charge in [0.05, 0.1) is 25.0 Å². The van der Waals surface area contributed by atoms with E-state index in [-0.39, 0.29) is 18.1 Å². The monoisotopic (exact) mass is 247 g/mol. The van der Waals surface area contributed by atoms with Crippen LogP contribution in [0.25, 0.3) is 0 Å². The molecule has 16 heavy (non-hydrogen) atoms. The number of ether oxygens (including phenoxy) is 2. The van der Waals surface area contributed by atoms with Crippen molar-refractivity contribution in [2.75, 3.05) is 31.3 Å². The van der Waals surface area contributed by atoms with Crippen LogP contribution in [0.1, 0.15) is 20.3 Å². The summed E-state index contributed by atoms with van der Waals surface area (Å²) < 4.78 is 10.8. The van der Waals surface area contributed by atoms with Gasteiger partial charge in [-0.05, 0) is 19.1 Å². The van der Waals surface area contributed by atoms with E-state index in [1.54, 1.807) is 11.8 Å². The summed E-state index contributed by atoms with van der Waals surface area (Å²) in [5, 5.41) is 2.96. The molecule has 0 unspecified atom stereocenters. The summed E-state index contributed by atoms with van der Waals surface area (Å²) in [6.07, 6.45) is 1.12.